The Labute approximate surface area is 259 Å². The molecule has 1 aromatic heterocycles. The molecular weight excluding hydrogens is 550 g/mol. The lowest BCUT2D eigenvalue weighted by Crippen LogP contribution is -1.96. The van der Waals surface area contributed by atoms with Gasteiger partial charge in [0.2, 0.25) is 0 Å². The number of nitrogens with zero attached hydrogens (tertiary/aromatic N) is 5. The van der Waals surface area contributed by atoms with Gasteiger partial charge in [-0.05, 0) is 70.8 Å². The number of benzene rings is 6. The van der Waals surface area contributed by atoms with E-state index in [9.17, 15) is 21.0 Å². The summed E-state index contributed by atoms with van der Waals surface area (Å²) in [6, 6.07) is 49.9. The first kappa shape index (κ1) is 26.9. The van der Waals surface area contributed by atoms with Gasteiger partial charge in [-0.25, -0.2) is 0 Å². The molecule has 0 radical (unpaired) electrons. The number of nitriles is 4. The zero-order chi connectivity index (χ0) is 30.9. The molecule has 0 spiro atoms. The number of hydrogen-bond donors (Lipinski definition) is 0. The highest BCUT2D eigenvalue weighted by molar-refractivity contribution is 6.11. The second kappa shape index (κ2) is 11.1. The van der Waals surface area contributed by atoms with Crippen molar-refractivity contribution in [2.24, 2.45) is 0 Å². The largest absolute Gasteiger partial charge is 0.309 e. The standard InChI is InChI=1S/C40H21N5/c41-22-30-10-4-11-31(23-42)39(30)28-15-17-35-36-18-16-29(40-32(24-43)12-5-13-33(40)25-44)21-38(36)45(37(35)20-28)34-14-6-9-27(19-34)26-7-2-1-3-8-26/h1-21H. The summed E-state index contributed by atoms with van der Waals surface area (Å²) in [7, 11) is 0. The van der Waals surface area contributed by atoms with E-state index < -0.39 is 0 Å². The molecule has 0 atom stereocenters. The predicted molar refractivity (Wildman–Crippen MR) is 176 cm³/mol. The molecular formula is C40H21N5. The minimum atomic E-state index is 0.432. The van der Waals surface area contributed by atoms with E-state index in [4.69, 9.17) is 0 Å². The SMILES string of the molecule is N#Cc1cccc(C#N)c1-c1ccc2c3ccc(-c4c(C#N)cccc4C#N)cc3n(-c3cccc(-c4ccccc4)c3)c2c1. The summed E-state index contributed by atoms with van der Waals surface area (Å²) in [5.41, 5.74) is 9.32. The van der Waals surface area contributed by atoms with E-state index in [1.54, 1.807) is 36.4 Å². The first-order valence-corrected chi connectivity index (χ1v) is 14.3. The minimum absolute atomic E-state index is 0.432. The van der Waals surface area contributed by atoms with Crippen LogP contribution < -0.4 is 0 Å². The highest BCUT2D eigenvalue weighted by Gasteiger charge is 2.19. The van der Waals surface area contributed by atoms with E-state index in [2.05, 4.69) is 59.2 Å². The average molecular weight is 572 g/mol. The van der Waals surface area contributed by atoms with Crippen molar-refractivity contribution < 1.29 is 0 Å². The Hall–Kier alpha value is -6.92. The van der Waals surface area contributed by atoms with Crippen molar-refractivity contribution in [2.75, 3.05) is 0 Å². The Kier molecular flexibility index (Phi) is 6.62. The molecule has 5 nitrogen and oxygen atoms in total. The number of fused-ring (bicyclic) bond motifs is 3. The van der Waals surface area contributed by atoms with Gasteiger partial charge in [-0.1, -0.05) is 78.9 Å². The summed E-state index contributed by atoms with van der Waals surface area (Å²) >= 11 is 0. The monoisotopic (exact) mass is 571 g/mol. The third kappa shape index (κ3) is 4.47. The first-order chi connectivity index (χ1) is 22.1. The number of aromatic nitrogens is 1. The van der Waals surface area contributed by atoms with E-state index in [1.165, 1.54) is 0 Å². The third-order valence-corrected chi connectivity index (χ3v) is 8.17. The summed E-state index contributed by atoms with van der Waals surface area (Å²) in [5, 5.41) is 41.6. The maximum atomic E-state index is 9.91. The fourth-order valence-corrected chi connectivity index (χ4v) is 6.16. The molecule has 1 heterocycles. The van der Waals surface area contributed by atoms with Gasteiger partial charge in [-0.2, -0.15) is 21.0 Å². The van der Waals surface area contributed by atoms with Crippen LogP contribution in [0.5, 0.6) is 0 Å². The molecule has 7 rings (SSSR count). The van der Waals surface area contributed by atoms with Gasteiger partial charge in [-0.3, -0.25) is 0 Å². The molecule has 206 valence electrons. The van der Waals surface area contributed by atoms with Gasteiger partial charge >= 0.3 is 0 Å². The lowest BCUT2D eigenvalue weighted by Gasteiger charge is -2.13. The molecule has 0 bridgehead atoms. The minimum Gasteiger partial charge on any atom is -0.309 e. The van der Waals surface area contributed by atoms with Crippen LogP contribution in [-0.4, -0.2) is 4.57 Å². The Balaban J connectivity index is 1.57. The molecule has 0 saturated heterocycles. The van der Waals surface area contributed by atoms with Crippen LogP contribution >= 0.6 is 0 Å². The second-order valence-corrected chi connectivity index (χ2v) is 10.6. The van der Waals surface area contributed by atoms with E-state index >= 15 is 0 Å². The van der Waals surface area contributed by atoms with Crippen molar-refractivity contribution in [2.45, 2.75) is 0 Å². The Morgan fingerprint density at radius 3 is 1.29 bits per heavy atom. The third-order valence-electron chi connectivity index (χ3n) is 8.17. The molecule has 0 saturated carbocycles. The van der Waals surface area contributed by atoms with Crippen molar-refractivity contribution in [1.29, 1.82) is 21.0 Å². The van der Waals surface area contributed by atoms with Gasteiger partial charge in [0.05, 0.1) is 57.6 Å². The summed E-state index contributed by atoms with van der Waals surface area (Å²) in [4.78, 5) is 0. The predicted octanol–water partition coefficient (Wildman–Crippen LogP) is 9.27. The normalized spacial score (nSPS) is 10.6. The highest BCUT2D eigenvalue weighted by atomic mass is 15.0. The van der Waals surface area contributed by atoms with E-state index in [-0.39, 0.29) is 0 Å². The van der Waals surface area contributed by atoms with Gasteiger partial charge in [0.1, 0.15) is 0 Å². The van der Waals surface area contributed by atoms with Crippen LogP contribution in [0.2, 0.25) is 0 Å². The van der Waals surface area contributed by atoms with Gasteiger partial charge < -0.3 is 4.57 Å². The van der Waals surface area contributed by atoms with Crippen molar-refractivity contribution in [3.05, 3.63) is 150 Å². The Morgan fingerprint density at radius 1 is 0.378 bits per heavy atom. The lowest BCUT2D eigenvalue weighted by atomic mass is 9.94. The maximum absolute atomic E-state index is 9.91. The average Bonchev–Trinajstić information content (AvgIpc) is 3.44. The molecule has 6 aromatic carbocycles. The molecule has 0 N–H and O–H groups in total. The molecule has 0 aliphatic heterocycles. The van der Waals surface area contributed by atoms with Crippen molar-refractivity contribution in [3.8, 4) is 63.3 Å². The first-order valence-electron chi connectivity index (χ1n) is 14.3. The van der Waals surface area contributed by atoms with Crippen LogP contribution in [0, 0.1) is 45.3 Å². The Bertz CT molecular complexity index is 2280. The van der Waals surface area contributed by atoms with Gasteiger partial charge in [0, 0.05) is 27.6 Å². The molecule has 0 amide bonds. The number of rotatable bonds is 4. The summed E-state index contributed by atoms with van der Waals surface area (Å²) < 4.78 is 2.17. The molecule has 45 heavy (non-hydrogen) atoms. The quantitative estimate of drug-likeness (QED) is 0.210. The number of hydrogen-bond acceptors (Lipinski definition) is 4. The zero-order valence-corrected chi connectivity index (χ0v) is 23.9. The van der Waals surface area contributed by atoms with Crippen LogP contribution in [0.4, 0.5) is 0 Å². The fraction of sp³-hybridized carbons (Fsp3) is 0. The van der Waals surface area contributed by atoms with Crippen molar-refractivity contribution >= 4 is 21.8 Å². The van der Waals surface area contributed by atoms with Gasteiger partial charge in [0.25, 0.3) is 0 Å². The molecule has 0 aliphatic carbocycles. The van der Waals surface area contributed by atoms with Crippen LogP contribution in [0.25, 0.3) is 60.9 Å². The zero-order valence-electron chi connectivity index (χ0n) is 23.9. The smallest absolute Gasteiger partial charge is 0.0998 e. The van der Waals surface area contributed by atoms with Crippen LogP contribution in [0.1, 0.15) is 22.3 Å². The summed E-state index contributed by atoms with van der Waals surface area (Å²) in [6.45, 7) is 0. The van der Waals surface area contributed by atoms with Crippen molar-refractivity contribution in [3.63, 3.8) is 0 Å². The van der Waals surface area contributed by atoms with Gasteiger partial charge in [0.15, 0.2) is 0 Å². The van der Waals surface area contributed by atoms with E-state index in [0.717, 1.165) is 49.7 Å². The summed E-state index contributed by atoms with van der Waals surface area (Å²) in [6.07, 6.45) is 0. The maximum Gasteiger partial charge on any atom is 0.0998 e. The van der Waals surface area contributed by atoms with Gasteiger partial charge in [-0.15, -0.1) is 0 Å². The van der Waals surface area contributed by atoms with E-state index in [1.807, 2.05) is 60.7 Å². The lowest BCUT2D eigenvalue weighted by molar-refractivity contribution is 1.18. The Morgan fingerprint density at radius 2 is 0.822 bits per heavy atom. The van der Waals surface area contributed by atoms with E-state index in [0.29, 0.717) is 33.4 Å². The topological polar surface area (TPSA) is 100 Å². The van der Waals surface area contributed by atoms with Crippen molar-refractivity contribution in [1.82, 2.24) is 4.57 Å². The molecule has 0 aliphatic rings. The highest BCUT2D eigenvalue weighted by Crippen LogP contribution is 2.39. The molecule has 0 fully saturated rings. The molecule has 0 unspecified atom stereocenters. The fourth-order valence-electron chi connectivity index (χ4n) is 6.16. The van der Waals surface area contributed by atoms with Crippen LogP contribution in [0.15, 0.2) is 127 Å². The molecule has 7 aromatic rings. The summed E-state index contributed by atoms with van der Waals surface area (Å²) in [5.74, 6) is 0. The molecule has 5 heteroatoms. The second-order valence-electron chi connectivity index (χ2n) is 10.6. The van der Waals surface area contributed by atoms with Crippen LogP contribution in [0.3, 0.4) is 0 Å². The van der Waals surface area contributed by atoms with Crippen LogP contribution in [-0.2, 0) is 0 Å².